The smallest absolute Gasteiger partial charge is 0.119 e. The van der Waals surface area contributed by atoms with Crippen molar-refractivity contribution in [2.45, 2.75) is 38.5 Å². The van der Waals surface area contributed by atoms with E-state index < -0.39 is 0 Å². The number of hydrogen-bond donors (Lipinski definition) is 3. The number of anilines is 1. The largest absolute Gasteiger partial charge is 0.491 e. The van der Waals surface area contributed by atoms with Gasteiger partial charge in [0.2, 0.25) is 0 Å². The van der Waals surface area contributed by atoms with Crippen LogP contribution in [-0.2, 0) is 0 Å². The van der Waals surface area contributed by atoms with Crippen molar-refractivity contribution in [1.29, 1.82) is 0 Å². The van der Waals surface area contributed by atoms with Crippen molar-refractivity contribution in [2.24, 2.45) is 0 Å². The van der Waals surface area contributed by atoms with Crippen molar-refractivity contribution >= 4 is 5.69 Å². The topological polar surface area (TPSA) is 59.3 Å². The summed E-state index contributed by atoms with van der Waals surface area (Å²) in [6.07, 6.45) is 1.17. The van der Waals surface area contributed by atoms with Crippen molar-refractivity contribution in [3.05, 3.63) is 59.7 Å². The molecule has 2 atom stereocenters. The molecule has 0 amide bonds. The van der Waals surface area contributed by atoms with Gasteiger partial charge in [0, 0.05) is 11.7 Å². The average Bonchev–Trinajstić information content (AvgIpc) is 2.97. The molecule has 2 aromatic rings. The van der Waals surface area contributed by atoms with Gasteiger partial charge in [-0.2, -0.15) is 0 Å². The molecule has 1 aliphatic heterocycles. The lowest BCUT2D eigenvalue weighted by atomic mass is 9.97. The number of hydrogen-bond acceptors (Lipinski definition) is 4. The summed E-state index contributed by atoms with van der Waals surface area (Å²) in [5.74, 6) is 0.911. The summed E-state index contributed by atoms with van der Waals surface area (Å²) in [5, 5.41) is 0. The van der Waals surface area contributed by atoms with Gasteiger partial charge in [0.05, 0.1) is 12.1 Å². The Labute approximate surface area is 131 Å². The number of para-hydroxylation sites is 1. The lowest BCUT2D eigenvalue weighted by molar-refractivity contribution is 0.242. The molecule has 4 N–H and O–H groups in total. The van der Waals surface area contributed by atoms with Crippen LogP contribution in [-0.4, -0.2) is 6.10 Å². The minimum absolute atomic E-state index is 0.197. The van der Waals surface area contributed by atoms with Gasteiger partial charge in [-0.15, -0.1) is 0 Å². The van der Waals surface area contributed by atoms with Gasteiger partial charge in [0.1, 0.15) is 5.75 Å². The Bertz CT molecular complexity index is 624. The SMILES string of the molecule is CC(C)Oc1ccc(C2CC(c3ccccc3N)NN2)cc1. The van der Waals surface area contributed by atoms with Crippen LogP contribution in [0, 0.1) is 0 Å². The van der Waals surface area contributed by atoms with E-state index in [9.17, 15) is 0 Å². The molecule has 2 aromatic carbocycles. The third-order valence-electron chi connectivity index (χ3n) is 3.93. The third-order valence-corrected chi connectivity index (χ3v) is 3.93. The summed E-state index contributed by atoms with van der Waals surface area (Å²) in [6.45, 7) is 4.07. The van der Waals surface area contributed by atoms with E-state index in [4.69, 9.17) is 10.5 Å². The monoisotopic (exact) mass is 297 g/mol. The molecule has 0 spiro atoms. The van der Waals surface area contributed by atoms with E-state index in [2.05, 4.69) is 29.1 Å². The molecule has 3 rings (SSSR count). The maximum atomic E-state index is 6.07. The Kier molecular flexibility index (Phi) is 4.32. The first-order chi connectivity index (χ1) is 10.6. The average molecular weight is 297 g/mol. The fourth-order valence-corrected chi connectivity index (χ4v) is 2.86. The summed E-state index contributed by atoms with van der Waals surface area (Å²) in [4.78, 5) is 0. The van der Waals surface area contributed by atoms with Crippen LogP contribution in [0.5, 0.6) is 5.75 Å². The summed E-state index contributed by atoms with van der Waals surface area (Å²) in [6, 6.07) is 16.8. The van der Waals surface area contributed by atoms with Crippen LogP contribution >= 0.6 is 0 Å². The molecule has 2 unspecified atom stereocenters. The highest BCUT2D eigenvalue weighted by molar-refractivity contribution is 5.48. The molecular formula is C18H23N3O. The molecule has 116 valence electrons. The molecule has 0 radical (unpaired) electrons. The quantitative estimate of drug-likeness (QED) is 0.758. The van der Waals surface area contributed by atoms with Gasteiger partial charge in [0.15, 0.2) is 0 Å². The van der Waals surface area contributed by atoms with Gasteiger partial charge >= 0.3 is 0 Å². The number of benzene rings is 2. The second-order valence-corrected chi connectivity index (χ2v) is 5.99. The molecule has 0 saturated carbocycles. The van der Waals surface area contributed by atoms with Gasteiger partial charge in [-0.1, -0.05) is 30.3 Å². The molecule has 1 aliphatic rings. The van der Waals surface area contributed by atoms with Gasteiger partial charge in [0.25, 0.3) is 0 Å². The highest BCUT2D eigenvalue weighted by atomic mass is 16.5. The molecule has 4 heteroatoms. The number of nitrogens with two attached hydrogens (primary N) is 1. The highest BCUT2D eigenvalue weighted by Crippen LogP contribution is 2.33. The van der Waals surface area contributed by atoms with Crippen LogP contribution in [0.4, 0.5) is 5.69 Å². The van der Waals surface area contributed by atoms with Crippen LogP contribution in [0.15, 0.2) is 48.5 Å². The molecule has 1 heterocycles. The highest BCUT2D eigenvalue weighted by Gasteiger charge is 2.27. The number of nitrogen functional groups attached to an aromatic ring is 1. The summed E-state index contributed by atoms with van der Waals surface area (Å²) in [5.41, 5.74) is 16.0. The van der Waals surface area contributed by atoms with E-state index in [1.54, 1.807) is 0 Å². The van der Waals surface area contributed by atoms with E-state index in [0.717, 1.165) is 23.4 Å². The fraction of sp³-hybridized carbons (Fsp3) is 0.333. The third kappa shape index (κ3) is 3.24. The number of rotatable bonds is 4. The number of ether oxygens (including phenoxy) is 1. The predicted molar refractivity (Wildman–Crippen MR) is 89.4 cm³/mol. The first-order valence-corrected chi connectivity index (χ1v) is 7.75. The lowest BCUT2D eigenvalue weighted by Crippen LogP contribution is -2.27. The predicted octanol–water partition coefficient (Wildman–Crippen LogP) is 3.34. The Hall–Kier alpha value is -2.04. The van der Waals surface area contributed by atoms with Crippen LogP contribution in [0.2, 0.25) is 0 Å². The second-order valence-electron chi connectivity index (χ2n) is 5.99. The standard InChI is InChI=1S/C18H23N3O/c1-12(2)22-14-9-7-13(8-10-14)17-11-18(21-20-17)15-5-3-4-6-16(15)19/h3-10,12,17-18,20-21H,11,19H2,1-2H3. The van der Waals surface area contributed by atoms with Crippen LogP contribution < -0.4 is 21.3 Å². The van der Waals surface area contributed by atoms with E-state index in [1.165, 1.54) is 5.56 Å². The molecular weight excluding hydrogens is 274 g/mol. The molecule has 0 aromatic heterocycles. The van der Waals surface area contributed by atoms with Gasteiger partial charge in [-0.25, -0.2) is 10.9 Å². The van der Waals surface area contributed by atoms with Crippen LogP contribution in [0.1, 0.15) is 43.5 Å². The Morgan fingerprint density at radius 1 is 1.00 bits per heavy atom. The zero-order chi connectivity index (χ0) is 15.5. The first-order valence-electron chi connectivity index (χ1n) is 7.75. The second kappa shape index (κ2) is 6.38. The van der Waals surface area contributed by atoms with E-state index >= 15 is 0 Å². The zero-order valence-corrected chi connectivity index (χ0v) is 13.0. The molecule has 1 fully saturated rings. The minimum atomic E-state index is 0.197. The van der Waals surface area contributed by atoms with Crippen molar-refractivity contribution in [2.75, 3.05) is 5.73 Å². The lowest BCUT2D eigenvalue weighted by Gasteiger charge is -2.13. The van der Waals surface area contributed by atoms with Crippen molar-refractivity contribution in [3.8, 4) is 5.75 Å². The Morgan fingerprint density at radius 3 is 2.36 bits per heavy atom. The van der Waals surface area contributed by atoms with E-state index in [0.29, 0.717) is 0 Å². The number of nitrogens with one attached hydrogen (secondary N) is 2. The Morgan fingerprint density at radius 2 is 1.68 bits per heavy atom. The maximum Gasteiger partial charge on any atom is 0.119 e. The van der Waals surface area contributed by atoms with Gasteiger partial charge in [-0.3, -0.25) is 0 Å². The van der Waals surface area contributed by atoms with Crippen LogP contribution in [0.25, 0.3) is 0 Å². The van der Waals surface area contributed by atoms with Crippen LogP contribution in [0.3, 0.4) is 0 Å². The summed E-state index contributed by atoms with van der Waals surface area (Å²) >= 11 is 0. The molecule has 0 aliphatic carbocycles. The fourth-order valence-electron chi connectivity index (χ4n) is 2.86. The first kappa shape index (κ1) is 14.9. The molecule has 22 heavy (non-hydrogen) atoms. The van der Waals surface area contributed by atoms with Crippen molar-refractivity contribution in [1.82, 2.24) is 10.9 Å². The van der Waals surface area contributed by atoms with E-state index in [-0.39, 0.29) is 18.2 Å². The van der Waals surface area contributed by atoms with Crippen molar-refractivity contribution < 1.29 is 4.74 Å². The molecule has 0 bridgehead atoms. The zero-order valence-electron chi connectivity index (χ0n) is 13.0. The molecule has 4 nitrogen and oxygen atoms in total. The van der Waals surface area contributed by atoms with Crippen molar-refractivity contribution in [3.63, 3.8) is 0 Å². The van der Waals surface area contributed by atoms with E-state index in [1.807, 2.05) is 44.2 Å². The summed E-state index contributed by atoms with van der Waals surface area (Å²) < 4.78 is 5.69. The molecule has 1 saturated heterocycles. The normalized spacial score (nSPS) is 21.2. The summed E-state index contributed by atoms with van der Waals surface area (Å²) in [7, 11) is 0. The van der Waals surface area contributed by atoms with Gasteiger partial charge < -0.3 is 10.5 Å². The van der Waals surface area contributed by atoms with Gasteiger partial charge in [-0.05, 0) is 49.6 Å². The minimum Gasteiger partial charge on any atom is -0.491 e. The maximum absolute atomic E-state index is 6.07. The number of hydrazine groups is 1. The Balaban J connectivity index is 1.69.